The van der Waals surface area contributed by atoms with Gasteiger partial charge in [-0.25, -0.2) is 9.78 Å². The summed E-state index contributed by atoms with van der Waals surface area (Å²) in [6, 6.07) is 10.5. The van der Waals surface area contributed by atoms with Crippen LogP contribution in [0.2, 0.25) is 5.02 Å². The Morgan fingerprint density at radius 3 is 2.56 bits per heavy atom. The second-order valence-corrected chi connectivity index (χ2v) is 11.5. The van der Waals surface area contributed by atoms with Crippen molar-refractivity contribution in [3.8, 4) is 17.3 Å². The summed E-state index contributed by atoms with van der Waals surface area (Å²) in [6.07, 6.45) is 1.70. The summed E-state index contributed by atoms with van der Waals surface area (Å²) < 4.78 is 28.4. The highest BCUT2D eigenvalue weighted by molar-refractivity contribution is 6.33. The number of nitrogens with one attached hydrogen (secondary N) is 1. The van der Waals surface area contributed by atoms with Gasteiger partial charge in [0.15, 0.2) is 11.8 Å². The third-order valence-corrected chi connectivity index (χ3v) is 8.80. The Labute approximate surface area is 242 Å². The van der Waals surface area contributed by atoms with Crippen LogP contribution in [0.5, 0.6) is 6.01 Å². The zero-order chi connectivity index (χ0) is 27.9. The number of amides is 1. The molecule has 1 aliphatic carbocycles. The molecule has 3 aliphatic heterocycles. The predicted molar refractivity (Wildman–Crippen MR) is 148 cm³/mol. The second-order valence-electron chi connectivity index (χ2n) is 11.1. The Balaban J connectivity index is 0.981. The Kier molecular flexibility index (Phi) is 7.46. The number of fused-ring (bicyclic) bond motifs is 2. The molecule has 0 unspecified atom stereocenters. The Hall–Kier alpha value is -2.96. The normalized spacial score (nSPS) is 30.0. The second kappa shape index (κ2) is 11.4. The molecule has 7 rings (SSSR count). The van der Waals surface area contributed by atoms with Crippen LogP contribution >= 0.6 is 11.6 Å². The van der Waals surface area contributed by atoms with E-state index >= 15 is 0 Å². The lowest BCUT2D eigenvalue weighted by Gasteiger charge is -2.32. The number of aromatic nitrogens is 3. The number of hydrogen-bond donors (Lipinski definition) is 2. The standard InChI is InChI=1S/C29H33ClN4O7/c30-20-13-21-27(33-28(31-21)41-23-15-39-25-22(35)14-38-26(23)25)32-24(20)18-3-1-16(2-4-18)17-5-7-19(8-6-17)40-29(36)34-9-11-37-12-10-34/h1-4,13,17,19,22-23,25-26,35H,5-12,14-15H2,(H,31,32,33)/t17-,19-,22-,23-,25-,26-/m1/s1. The van der Waals surface area contributed by atoms with Gasteiger partial charge in [-0.2, -0.15) is 4.98 Å². The van der Waals surface area contributed by atoms with Gasteiger partial charge in [0.1, 0.15) is 29.9 Å². The lowest BCUT2D eigenvalue weighted by molar-refractivity contribution is 0.00445. The number of aliphatic hydroxyl groups excluding tert-OH is 1. The van der Waals surface area contributed by atoms with Crippen molar-refractivity contribution < 1.29 is 33.6 Å². The first-order valence-corrected chi connectivity index (χ1v) is 14.7. The number of halogens is 1. The highest BCUT2D eigenvalue weighted by Gasteiger charge is 2.48. The molecule has 0 bridgehead atoms. The van der Waals surface area contributed by atoms with Crippen LogP contribution in [0.1, 0.15) is 37.2 Å². The maximum Gasteiger partial charge on any atom is 0.410 e. The maximum atomic E-state index is 12.4. The number of ether oxygens (including phenoxy) is 5. The molecule has 0 spiro atoms. The van der Waals surface area contributed by atoms with E-state index in [2.05, 4.69) is 22.1 Å². The summed E-state index contributed by atoms with van der Waals surface area (Å²) in [5, 5.41) is 10.5. The molecular formula is C29H33ClN4O7. The van der Waals surface area contributed by atoms with E-state index in [4.69, 9.17) is 40.3 Å². The van der Waals surface area contributed by atoms with Crippen molar-refractivity contribution >= 4 is 28.9 Å². The van der Waals surface area contributed by atoms with Crippen molar-refractivity contribution in [2.24, 2.45) is 0 Å². The Morgan fingerprint density at radius 1 is 1.02 bits per heavy atom. The van der Waals surface area contributed by atoms with Crippen LogP contribution in [-0.4, -0.2) is 101 Å². The minimum absolute atomic E-state index is 0.0289. The van der Waals surface area contributed by atoms with E-state index in [1.54, 1.807) is 11.0 Å². The quantitative estimate of drug-likeness (QED) is 0.461. The molecule has 4 aliphatic rings. The van der Waals surface area contributed by atoms with E-state index < -0.39 is 6.10 Å². The third-order valence-electron chi connectivity index (χ3n) is 8.51. The van der Waals surface area contributed by atoms with Crippen molar-refractivity contribution in [3.05, 3.63) is 40.9 Å². The first-order chi connectivity index (χ1) is 20.0. The molecule has 1 aromatic carbocycles. The molecule has 11 nitrogen and oxygen atoms in total. The number of aromatic amines is 1. The zero-order valence-electron chi connectivity index (χ0n) is 22.5. The number of benzene rings is 1. The smallest absolute Gasteiger partial charge is 0.410 e. The highest BCUT2D eigenvalue weighted by atomic mass is 35.5. The summed E-state index contributed by atoms with van der Waals surface area (Å²) in [7, 11) is 0. The van der Waals surface area contributed by atoms with Gasteiger partial charge in [0.2, 0.25) is 0 Å². The van der Waals surface area contributed by atoms with Crippen LogP contribution in [-0.2, 0) is 18.9 Å². The van der Waals surface area contributed by atoms with E-state index in [0.29, 0.717) is 66.7 Å². The van der Waals surface area contributed by atoms with E-state index in [9.17, 15) is 9.90 Å². The van der Waals surface area contributed by atoms with Gasteiger partial charge in [-0.3, -0.25) is 4.98 Å². The van der Waals surface area contributed by atoms with Crippen molar-refractivity contribution in [1.29, 1.82) is 0 Å². The van der Waals surface area contributed by atoms with E-state index in [-0.39, 0.29) is 37.1 Å². The molecule has 4 fully saturated rings. The minimum atomic E-state index is -0.640. The molecule has 0 radical (unpaired) electrons. The van der Waals surface area contributed by atoms with Gasteiger partial charge in [-0.15, -0.1) is 0 Å². The van der Waals surface area contributed by atoms with Gasteiger partial charge in [0.05, 0.1) is 37.1 Å². The van der Waals surface area contributed by atoms with Crippen LogP contribution in [0.3, 0.4) is 0 Å². The van der Waals surface area contributed by atoms with Crippen LogP contribution in [0.15, 0.2) is 30.3 Å². The molecule has 218 valence electrons. The first kappa shape index (κ1) is 26.9. The van der Waals surface area contributed by atoms with Gasteiger partial charge in [0.25, 0.3) is 6.01 Å². The molecule has 2 aromatic heterocycles. The summed E-state index contributed by atoms with van der Waals surface area (Å²) in [6.45, 7) is 2.89. The van der Waals surface area contributed by atoms with Crippen molar-refractivity contribution in [1.82, 2.24) is 19.9 Å². The maximum absolute atomic E-state index is 12.4. The van der Waals surface area contributed by atoms with Crippen LogP contribution < -0.4 is 4.74 Å². The highest BCUT2D eigenvalue weighted by Crippen LogP contribution is 2.36. The average Bonchev–Trinajstić information content (AvgIpc) is 3.70. The lowest BCUT2D eigenvalue weighted by atomic mass is 9.82. The molecule has 5 heterocycles. The molecule has 1 saturated carbocycles. The Morgan fingerprint density at radius 2 is 1.78 bits per heavy atom. The third kappa shape index (κ3) is 5.49. The average molecular weight is 585 g/mol. The fourth-order valence-electron chi connectivity index (χ4n) is 6.23. The van der Waals surface area contributed by atoms with Crippen molar-refractivity contribution in [3.63, 3.8) is 0 Å². The number of imidazole rings is 1. The number of hydrogen-bond acceptors (Lipinski definition) is 9. The van der Waals surface area contributed by atoms with Crippen LogP contribution in [0.4, 0.5) is 4.79 Å². The van der Waals surface area contributed by atoms with Crippen molar-refractivity contribution in [2.45, 2.75) is 62.1 Å². The van der Waals surface area contributed by atoms with Gasteiger partial charge >= 0.3 is 6.09 Å². The molecule has 1 amide bonds. The van der Waals surface area contributed by atoms with Gasteiger partial charge in [-0.1, -0.05) is 35.9 Å². The van der Waals surface area contributed by atoms with Crippen molar-refractivity contribution in [2.75, 3.05) is 39.5 Å². The monoisotopic (exact) mass is 584 g/mol. The molecule has 3 saturated heterocycles. The van der Waals surface area contributed by atoms with Gasteiger partial charge in [0, 0.05) is 18.7 Å². The fraction of sp³-hybridized carbons (Fsp3) is 0.552. The number of pyridine rings is 1. The zero-order valence-corrected chi connectivity index (χ0v) is 23.3. The first-order valence-electron chi connectivity index (χ1n) is 14.3. The Bertz CT molecular complexity index is 1390. The molecule has 2 N–H and O–H groups in total. The molecule has 4 atom stereocenters. The number of carbonyl (C=O) groups excluding carboxylic acids is 1. The summed E-state index contributed by atoms with van der Waals surface area (Å²) >= 11 is 6.63. The van der Waals surface area contributed by atoms with E-state index in [1.807, 2.05) is 12.1 Å². The lowest BCUT2D eigenvalue weighted by Crippen LogP contribution is -2.42. The SMILES string of the molecule is O=C(O[C@H]1CC[C@H](c2ccc(-c3nc4[nH]c(O[C@@H]5CO[C@H]6[C@@H]5OC[C@H]6O)nc4cc3Cl)cc2)CC1)N1CCOCC1. The number of carbonyl (C=O) groups is 1. The van der Waals surface area contributed by atoms with Gasteiger partial charge < -0.3 is 33.7 Å². The summed E-state index contributed by atoms with van der Waals surface area (Å²) in [5.74, 6) is 0.421. The topological polar surface area (TPSA) is 128 Å². The van der Waals surface area contributed by atoms with Crippen LogP contribution in [0, 0.1) is 0 Å². The molecule has 3 aromatic rings. The number of rotatable bonds is 5. The number of nitrogens with zero attached hydrogens (tertiary/aromatic N) is 3. The summed E-state index contributed by atoms with van der Waals surface area (Å²) in [5.41, 5.74) is 3.99. The van der Waals surface area contributed by atoms with E-state index in [1.165, 1.54) is 5.56 Å². The summed E-state index contributed by atoms with van der Waals surface area (Å²) in [4.78, 5) is 26.5. The number of aliphatic hydroxyl groups is 1. The molecular weight excluding hydrogens is 552 g/mol. The predicted octanol–water partition coefficient (Wildman–Crippen LogP) is 3.68. The number of morpholine rings is 1. The molecule has 41 heavy (non-hydrogen) atoms. The van der Waals surface area contributed by atoms with Gasteiger partial charge in [-0.05, 0) is 43.2 Å². The largest absolute Gasteiger partial charge is 0.456 e. The fourth-order valence-corrected chi connectivity index (χ4v) is 6.49. The number of H-pyrrole nitrogens is 1. The molecule has 12 heteroatoms. The van der Waals surface area contributed by atoms with Crippen LogP contribution in [0.25, 0.3) is 22.4 Å². The van der Waals surface area contributed by atoms with E-state index in [0.717, 1.165) is 31.2 Å². The minimum Gasteiger partial charge on any atom is -0.456 e.